The van der Waals surface area contributed by atoms with Gasteiger partial charge in [-0.3, -0.25) is 4.79 Å². The fourth-order valence-corrected chi connectivity index (χ4v) is 1.70. The van der Waals surface area contributed by atoms with Crippen molar-refractivity contribution < 1.29 is 14.2 Å². The monoisotopic (exact) mass is 261 g/mol. The van der Waals surface area contributed by atoms with E-state index < -0.39 is 6.10 Å². The molecule has 0 aliphatic rings. The lowest BCUT2D eigenvalue weighted by Crippen LogP contribution is -2.30. The highest BCUT2D eigenvalue weighted by Crippen LogP contribution is 2.16. The number of aryl methyl sites for hydroxylation is 1. The minimum Gasteiger partial charge on any atom is -0.367 e. The van der Waals surface area contributed by atoms with E-state index in [9.17, 15) is 4.79 Å². The molecule has 0 saturated heterocycles. The zero-order chi connectivity index (χ0) is 13.7. The van der Waals surface area contributed by atoms with E-state index in [0.717, 1.165) is 5.56 Å². The number of rotatable bonds is 5. The lowest BCUT2D eigenvalue weighted by Gasteiger charge is -2.15. The van der Waals surface area contributed by atoms with E-state index in [1.165, 1.54) is 7.11 Å². The molecule has 1 amide bonds. The van der Waals surface area contributed by atoms with Gasteiger partial charge in [-0.05, 0) is 12.5 Å². The van der Waals surface area contributed by atoms with E-state index in [4.69, 9.17) is 4.74 Å². The Labute approximate surface area is 110 Å². The van der Waals surface area contributed by atoms with Gasteiger partial charge in [-0.15, -0.1) is 0 Å². The van der Waals surface area contributed by atoms with Crippen LogP contribution in [0.5, 0.6) is 0 Å². The Balaban J connectivity index is 2.00. The van der Waals surface area contributed by atoms with Gasteiger partial charge in [-0.2, -0.15) is 0 Å². The van der Waals surface area contributed by atoms with Crippen LogP contribution in [0, 0.1) is 6.92 Å². The van der Waals surface area contributed by atoms with Gasteiger partial charge >= 0.3 is 0 Å². The van der Waals surface area contributed by atoms with Crippen LogP contribution in [0.25, 0.3) is 0 Å². The minimum atomic E-state index is -0.638. The zero-order valence-corrected chi connectivity index (χ0v) is 10.8. The molecule has 1 N–H and O–H groups in total. The molecular formula is C13H15N3O3. The van der Waals surface area contributed by atoms with Gasteiger partial charge in [-0.1, -0.05) is 40.6 Å². The second-order valence-corrected chi connectivity index (χ2v) is 4.04. The molecule has 100 valence electrons. The van der Waals surface area contributed by atoms with Gasteiger partial charge in [0, 0.05) is 7.11 Å². The zero-order valence-electron chi connectivity index (χ0n) is 10.8. The summed E-state index contributed by atoms with van der Waals surface area (Å²) < 4.78 is 9.79. The van der Waals surface area contributed by atoms with Crippen LogP contribution in [0.4, 0.5) is 0 Å². The maximum absolute atomic E-state index is 12.1. The van der Waals surface area contributed by atoms with Crippen LogP contribution in [-0.4, -0.2) is 23.3 Å². The van der Waals surface area contributed by atoms with Gasteiger partial charge in [0.1, 0.15) is 11.4 Å². The Kier molecular flexibility index (Phi) is 4.25. The Morgan fingerprint density at radius 2 is 2.11 bits per heavy atom. The van der Waals surface area contributed by atoms with Crippen LogP contribution in [0.2, 0.25) is 0 Å². The molecule has 2 rings (SSSR count). The molecule has 0 aliphatic carbocycles. The van der Waals surface area contributed by atoms with Crippen LogP contribution in [-0.2, 0) is 16.1 Å². The summed E-state index contributed by atoms with van der Waals surface area (Å²) in [6.07, 6.45) is -0.638. The van der Waals surface area contributed by atoms with E-state index in [1.54, 1.807) is 6.92 Å². The van der Waals surface area contributed by atoms with Gasteiger partial charge in [0.25, 0.3) is 5.91 Å². The van der Waals surface area contributed by atoms with Crippen LogP contribution in [0.3, 0.4) is 0 Å². The van der Waals surface area contributed by atoms with Gasteiger partial charge in [0.2, 0.25) is 0 Å². The van der Waals surface area contributed by atoms with E-state index >= 15 is 0 Å². The molecule has 1 aromatic heterocycles. The summed E-state index contributed by atoms with van der Waals surface area (Å²) in [5, 5.41) is 10.1. The fraction of sp³-hybridized carbons (Fsp3) is 0.308. The molecule has 0 aliphatic heterocycles. The maximum Gasteiger partial charge on any atom is 0.254 e. The first-order chi connectivity index (χ1) is 9.22. The van der Waals surface area contributed by atoms with Crippen LogP contribution in [0.1, 0.15) is 23.1 Å². The third-order valence-corrected chi connectivity index (χ3v) is 2.75. The molecule has 1 heterocycles. The number of nitrogens with one attached hydrogen (secondary N) is 1. The standard InChI is InChI=1S/C13H15N3O3/c1-9-11(16-19-15-9)8-14-13(17)12(18-2)10-6-4-3-5-7-10/h3-7,12H,8H2,1-2H3,(H,14,17)/t12-/m1/s1. The van der Waals surface area contributed by atoms with Crippen molar-refractivity contribution in [3.05, 3.63) is 47.3 Å². The summed E-state index contributed by atoms with van der Waals surface area (Å²) in [6.45, 7) is 2.03. The average Bonchev–Trinajstić information content (AvgIpc) is 2.84. The third-order valence-electron chi connectivity index (χ3n) is 2.75. The van der Waals surface area contributed by atoms with Gasteiger partial charge < -0.3 is 10.1 Å². The average molecular weight is 261 g/mol. The quantitative estimate of drug-likeness (QED) is 0.879. The minimum absolute atomic E-state index is 0.226. The molecule has 6 nitrogen and oxygen atoms in total. The lowest BCUT2D eigenvalue weighted by atomic mass is 10.1. The van der Waals surface area contributed by atoms with Crippen molar-refractivity contribution in [2.45, 2.75) is 19.6 Å². The smallest absolute Gasteiger partial charge is 0.254 e. The number of carbonyl (C=O) groups excluding carboxylic acids is 1. The van der Waals surface area contributed by atoms with E-state index in [1.807, 2.05) is 30.3 Å². The molecule has 1 atom stereocenters. The Bertz CT molecular complexity index is 539. The van der Waals surface area contributed by atoms with Gasteiger partial charge in [-0.25, -0.2) is 4.63 Å². The molecule has 0 saturated carbocycles. The third kappa shape index (κ3) is 3.17. The van der Waals surface area contributed by atoms with Crippen molar-refractivity contribution in [2.24, 2.45) is 0 Å². The lowest BCUT2D eigenvalue weighted by molar-refractivity contribution is -0.131. The second kappa shape index (κ2) is 6.10. The molecule has 6 heteroatoms. The summed E-state index contributed by atoms with van der Waals surface area (Å²) in [5.41, 5.74) is 2.07. The molecule has 1 aromatic carbocycles. The normalized spacial score (nSPS) is 12.1. The SMILES string of the molecule is CO[C@@H](C(=O)NCc1nonc1C)c1ccccc1. The molecule has 0 unspecified atom stereocenters. The first-order valence-electron chi connectivity index (χ1n) is 5.86. The number of benzene rings is 1. The first kappa shape index (κ1) is 13.2. The van der Waals surface area contributed by atoms with E-state index in [2.05, 4.69) is 20.3 Å². The molecule has 0 bridgehead atoms. The molecule has 0 fully saturated rings. The second-order valence-electron chi connectivity index (χ2n) is 4.04. The number of methoxy groups -OCH3 is 1. The van der Waals surface area contributed by atoms with Crippen molar-refractivity contribution in [1.82, 2.24) is 15.6 Å². The van der Waals surface area contributed by atoms with Crippen LogP contribution in [0.15, 0.2) is 35.0 Å². The molecule has 19 heavy (non-hydrogen) atoms. The number of ether oxygens (including phenoxy) is 1. The van der Waals surface area contributed by atoms with Crippen LogP contribution < -0.4 is 5.32 Å². The van der Waals surface area contributed by atoms with Crippen molar-refractivity contribution in [2.75, 3.05) is 7.11 Å². The molecular weight excluding hydrogens is 246 g/mol. The van der Waals surface area contributed by atoms with E-state index in [-0.39, 0.29) is 12.5 Å². The van der Waals surface area contributed by atoms with Crippen LogP contribution >= 0.6 is 0 Å². The predicted molar refractivity (Wildman–Crippen MR) is 67.1 cm³/mol. The number of hydrogen-bond donors (Lipinski definition) is 1. The maximum atomic E-state index is 12.1. The Morgan fingerprint density at radius 3 is 2.68 bits per heavy atom. The summed E-state index contributed by atoms with van der Waals surface area (Å²) in [7, 11) is 1.50. The largest absolute Gasteiger partial charge is 0.367 e. The predicted octanol–water partition coefficient (Wildman–Crippen LogP) is 1.38. The van der Waals surface area contributed by atoms with Crippen molar-refractivity contribution in [1.29, 1.82) is 0 Å². The van der Waals surface area contributed by atoms with Gasteiger partial charge in [0.05, 0.1) is 6.54 Å². The van der Waals surface area contributed by atoms with Crippen molar-refractivity contribution in [3.63, 3.8) is 0 Å². The summed E-state index contributed by atoms with van der Waals surface area (Å²) in [4.78, 5) is 12.1. The summed E-state index contributed by atoms with van der Waals surface area (Å²) >= 11 is 0. The Morgan fingerprint density at radius 1 is 1.37 bits per heavy atom. The number of amides is 1. The molecule has 2 aromatic rings. The van der Waals surface area contributed by atoms with Gasteiger partial charge in [0.15, 0.2) is 6.10 Å². The fourth-order valence-electron chi connectivity index (χ4n) is 1.70. The number of nitrogens with zero attached hydrogens (tertiary/aromatic N) is 2. The number of hydrogen-bond acceptors (Lipinski definition) is 5. The highest BCUT2D eigenvalue weighted by molar-refractivity contribution is 5.82. The van der Waals surface area contributed by atoms with E-state index in [0.29, 0.717) is 11.4 Å². The Hall–Kier alpha value is -2.21. The summed E-state index contributed by atoms with van der Waals surface area (Å²) in [5.74, 6) is -0.226. The highest BCUT2D eigenvalue weighted by atomic mass is 16.6. The topological polar surface area (TPSA) is 77.2 Å². The first-order valence-corrected chi connectivity index (χ1v) is 5.86. The van der Waals surface area contributed by atoms with Crippen molar-refractivity contribution in [3.8, 4) is 0 Å². The van der Waals surface area contributed by atoms with Crippen molar-refractivity contribution >= 4 is 5.91 Å². The number of aromatic nitrogens is 2. The molecule has 0 radical (unpaired) electrons. The number of carbonyl (C=O) groups is 1. The highest BCUT2D eigenvalue weighted by Gasteiger charge is 2.20. The summed E-state index contributed by atoms with van der Waals surface area (Å²) in [6, 6.07) is 9.30. The molecule has 0 spiro atoms.